The van der Waals surface area contributed by atoms with Gasteiger partial charge in [0.1, 0.15) is 10.5 Å². The van der Waals surface area contributed by atoms with Crippen molar-refractivity contribution in [3.05, 3.63) is 53.3 Å². The molecule has 4 aromatic rings. The van der Waals surface area contributed by atoms with Crippen LogP contribution in [0, 0.1) is 5.21 Å². The summed E-state index contributed by atoms with van der Waals surface area (Å²) in [6.07, 6.45) is 3.03. The van der Waals surface area contributed by atoms with Gasteiger partial charge in [-0.05, 0) is 6.07 Å². The maximum atomic E-state index is 11.3. The average molecular weight is 284 g/mol. The first-order chi connectivity index (χ1) is 9.31. The van der Waals surface area contributed by atoms with Crippen molar-refractivity contribution in [1.29, 1.82) is 0 Å². The van der Waals surface area contributed by atoms with E-state index >= 15 is 0 Å². The van der Waals surface area contributed by atoms with Gasteiger partial charge in [0.25, 0.3) is 0 Å². The van der Waals surface area contributed by atoms with Crippen molar-refractivity contribution in [2.75, 3.05) is 0 Å². The Kier molecular flexibility index (Phi) is 2.30. The van der Waals surface area contributed by atoms with Gasteiger partial charge in [-0.1, -0.05) is 18.2 Å². The molecule has 0 aliphatic rings. The van der Waals surface area contributed by atoms with E-state index in [-0.39, 0.29) is 0 Å². The molecule has 92 valence electrons. The minimum Gasteiger partial charge on any atom is -0.619 e. The van der Waals surface area contributed by atoms with Gasteiger partial charge in [0, 0.05) is 27.1 Å². The summed E-state index contributed by atoms with van der Waals surface area (Å²) < 4.78 is 3.09. The first-order valence-electron chi connectivity index (χ1n) is 5.77. The number of benzene rings is 1. The zero-order valence-corrected chi connectivity index (χ0v) is 11.4. The fraction of sp³-hybridized carbons (Fsp3) is 0. The fourth-order valence-electron chi connectivity index (χ4n) is 2.12. The number of rotatable bonds is 1. The monoisotopic (exact) mass is 284 g/mol. The van der Waals surface area contributed by atoms with Crippen LogP contribution in [-0.4, -0.2) is 4.98 Å². The number of nitrogens with zero attached hydrogens (tertiary/aromatic N) is 2. The number of thiophene rings is 1. The Morgan fingerprint density at radius 2 is 2.00 bits per heavy atom. The van der Waals surface area contributed by atoms with E-state index in [4.69, 9.17) is 0 Å². The zero-order chi connectivity index (χ0) is 12.8. The van der Waals surface area contributed by atoms with E-state index in [9.17, 15) is 5.21 Å². The molecule has 0 fully saturated rings. The van der Waals surface area contributed by atoms with Crippen LogP contribution in [-0.2, 0) is 0 Å². The second-order valence-corrected chi connectivity index (χ2v) is 6.16. The molecule has 0 spiro atoms. The summed E-state index contributed by atoms with van der Waals surface area (Å²) in [7, 11) is 0. The Labute approximate surface area is 117 Å². The van der Waals surface area contributed by atoms with Crippen LogP contribution >= 0.6 is 22.7 Å². The molecule has 0 aliphatic carbocycles. The van der Waals surface area contributed by atoms with Gasteiger partial charge in [0.2, 0.25) is 6.20 Å². The number of aromatic nitrogens is 2. The molecule has 0 unspecified atom stereocenters. The highest BCUT2D eigenvalue weighted by molar-refractivity contribution is 7.22. The van der Waals surface area contributed by atoms with Crippen LogP contribution in [0.5, 0.6) is 0 Å². The minimum absolute atomic E-state index is 0.757. The summed E-state index contributed by atoms with van der Waals surface area (Å²) in [6, 6.07) is 10.1. The molecule has 0 bridgehead atoms. The van der Waals surface area contributed by atoms with Crippen molar-refractivity contribution in [1.82, 2.24) is 4.98 Å². The van der Waals surface area contributed by atoms with Crippen LogP contribution in [0.4, 0.5) is 0 Å². The van der Waals surface area contributed by atoms with Crippen molar-refractivity contribution in [2.24, 2.45) is 0 Å². The second-order valence-electron chi connectivity index (χ2n) is 4.22. The quantitative estimate of drug-likeness (QED) is 0.394. The molecule has 3 heterocycles. The van der Waals surface area contributed by atoms with Crippen molar-refractivity contribution < 1.29 is 4.73 Å². The van der Waals surface area contributed by atoms with E-state index < -0.39 is 0 Å². The van der Waals surface area contributed by atoms with E-state index in [0.717, 1.165) is 25.5 Å². The molecule has 0 amide bonds. The number of hydrogen-bond donors (Lipinski definition) is 0. The van der Waals surface area contributed by atoms with Gasteiger partial charge in [-0.2, -0.15) is 4.73 Å². The SMILES string of the molecule is [O-][n+]1ccc2sc(-c3csc4ccccc34)nc2c1. The Balaban J connectivity index is 1.99. The van der Waals surface area contributed by atoms with Crippen molar-refractivity contribution >= 4 is 43.0 Å². The first kappa shape index (κ1) is 10.9. The number of thiazole rings is 1. The number of fused-ring (bicyclic) bond motifs is 2. The zero-order valence-electron chi connectivity index (χ0n) is 9.74. The molecule has 3 nitrogen and oxygen atoms in total. The van der Waals surface area contributed by atoms with E-state index in [1.807, 2.05) is 18.2 Å². The summed E-state index contributed by atoms with van der Waals surface area (Å²) in [6.45, 7) is 0. The maximum Gasteiger partial charge on any atom is 0.207 e. The summed E-state index contributed by atoms with van der Waals surface area (Å²) in [5.41, 5.74) is 1.91. The van der Waals surface area contributed by atoms with Gasteiger partial charge < -0.3 is 5.21 Å². The van der Waals surface area contributed by atoms with Crippen LogP contribution in [0.3, 0.4) is 0 Å². The number of pyridine rings is 1. The molecule has 5 heteroatoms. The second kappa shape index (κ2) is 4.01. The summed E-state index contributed by atoms with van der Waals surface area (Å²) >= 11 is 3.34. The lowest BCUT2D eigenvalue weighted by Crippen LogP contribution is -2.23. The highest BCUT2D eigenvalue weighted by Crippen LogP contribution is 2.37. The van der Waals surface area contributed by atoms with Gasteiger partial charge >= 0.3 is 0 Å². The molecule has 3 aromatic heterocycles. The highest BCUT2D eigenvalue weighted by Gasteiger charge is 2.12. The Bertz CT molecular complexity index is 895. The normalized spacial score (nSPS) is 11.4. The van der Waals surface area contributed by atoms with Gasteiger partial charge in [0.15, 0.2) is 6.20 Å². The number of hydrogen-bond acceptors (Lipinski definition) is 4. The Morgan fingerprint density at radius 3 is 2.95 bits per heavy atom. The third-order valence-electron chi connectivity index (χ3n) is 3.01. The molecule has 0 saturated carbocycles. The van der Waals surface area contributed by atoms with E-state index in [0.29, 0.717) is 0 Å². The molecular weight excluding hydrogens is 276 g/mol. The molecule has 0 radical (unpaired) electrons. The van der Waals surface area contributed by atoms with Crippen molar-refractivity contribution in [2.45, 2.75) is 0 Å². The molecule has 19 heavy (non-hydrogen) atoms. The predicted octanol–water partition coefficient (Wildman–Crippen LogP) is 3.81. The maximum absolute atomic E-state index is 11.3. The summed E-state index contributed by atoms with van der Waals surface area (Å²) in [5.74, 6) is 0. The predicted molar refractivity (Wildman–Crippen MR) is 79.4 cm³/mol. The average Bonchev–Trinajstić information content (AvgIpc) is 3.00. The molecule has 4 rings (SSSR count). The third-order valence-corrected chi connectivity index (χ3v) is 5.05. The lowest BCUT2D eigenvalue weighted by atomic mass is 10.2. The van der Waals surface area contributed by atoms with Crippen molar-refractivity contribution in [3.63, 3.8) is 0 Å². The standard InChI is InChI=1S/C14H8N2OS2/c17-16-6-5-13-11(7-16)15-14(19-13)10-8-18-12-4-2-1-3-9(10)12/h1-8H. The molecular formula is C14H8N2OS2. The molecule has 0 saturated heterocycles. The third kappa shape index (κ3) is 1.70. The largest absolute Gasteiger partial charge is 0.619 e. The smallest absolute Gasteiger partial charge is 0.207 e. The van der Waals surface area contributed by atoms with Crippen LogP contribution in [0.2, 0.25) is 0 Å². The lowest BCUT2D eigenvalue weighted by Gasteiger charge is -1.92. The molecule has 0 N–H and O–H groups in total. The highest BCUT2D eigenvalue weighted by atomic mass is 32.1. The minimum atomic E-state index is 0.757. The van der Waals surface area contributed by atoms with E-state index in [1.165, 1.54) is 22.5 Å². The topological polar surface area (TPSA) is 39.8 Å². The van der Waals surface area contributed by atoms with Crippen LogP contribution in [0.15, 0.2) is 48.1 Å². The van der Waals surface area contributed by atoms with E-state index in [1.54, 1.807) is 22.7 Å². The fourth-order valence-corrected chi connectivity index (χ4v) is 4.10. The van der Waals surface area contributed by atoms with Gasteiger partial charge in [-0.3, -0.25) is 0 Å². The van der Waals surface area contributed by atoms with Crippen LogP contribution in [0.25, 0.3) is 30.9 Å². The van der Waals surface area contributed by atoms with Gasteiger partial charge in [0.05, 0.1) is 4.70 Å². The van der Waals surface area contributed by atoms with Gasteiger partial charge in [-0.15, -0.1) is 22.7 Å². The van der Waals surface area contributed by atoms with Gasteiger partial charge in [-0.25, -0.2) is 4.98 Å². The molecule has 0 atom stereocenters. The first-order valence-corrected chi connectivity index (χ1v) is 7.47. The summed E-state index contributed by atoms with van der Waals surface area (Å²) in [4.78, 5) is 4.57. The molecule has 1 aromatic carbocycles. The Hall–Kier alpha value is -1.98. The molecule has 0 aliphatic heterocycles. The lowest BCUT2D eigenvalue weighted by molar-refractivity contribution is -0.603. The summed E-state index contributed by atoms with van der Waals surface area (Å²) in [5, 5.41) is 15.6. The van der Waals surface area contributed by atoms with E-state index in [2.05, 4.69) is 22.5 Å². The van der Waals surface area contributed by atoms with Crippen LogP contribution < -0.4 is 4.73 Å². The Morgan fingerprint density at radius 1 is 1.11 bits per heavy atom. The van der Waals surface area contributed by atoms with Crippen LogP contribution in [0.1, 0.15) is 0 Å². The van der Waals surface area contributed by atoms with Crippen molar-refractivity contribution in [3.8, 4) is 10.6 Å².